The van der Waals surface area contributed by atoms with E-state index in [9.17, 15) is 18.0 Å². The largest absolute Gasteiger partial charge is 0.393 e. The highest BCUT2D eigenvalue weighted by molar-refractivity contribution is 5.43. The van der Waals surface area contributed by atoms with E-state index in [1.165, 1.54) is 12.3 Å². The second kappa shape index (κ2) is 4.38. The van der Waals surface area contributed by atoms with Crippen LogP contribution < -0.4 is 10.5 Å². The third kappa shape index (κ3) is 2.78. The number of rotatable bonds is 1. The van der Waals surface area contributed by atoms with Gasteiger partial charge in [0.1, 0.15) is 0 Å². The van der Waals surface area contributed by atoms with E-state index in [-0.39, 0.29) is 13.0 Å². The Bertz CT molecular complexity index is 443. The van der Waals surface area contributed by atoms with Crippen LogP contribution in [0.1, 0.15) is 12.8 Å². The van der Waals surface area contributed by atoms with Crippen molar-refractivity contribution in [2.45, 2.75) is 19.0 Å². The Labute approximate surface area is 95.4 Å². The second-order valence-electron chi connectivity index (χ2n) is 4.13. The monoisotopic (exact) mass is 247 g/mol. The number of aromatic amines is 1. The molecule has 1 unspecified atom stereocenters. The summed E-state index contributed by atoms with van der Waals surface area (Å²) in [6.45, 7) is 0.423. The van der Waals surface area contributed by atoms with Crippen molar-refractivity contribution in [2.75, 3.05) is 18.0 Å². The van der Waals surface area contributed by atoms with Crippen LogP contribution in [0.15, 0.2) is 17.1 Å². The molecule has 1 saturated heterocycles. The molecular weight excluding hydrogens is 235 g/mol. The van der Waals surface area contributed by atoms with E-state index in [4.69, 9.17) is 0 Å². The summed E-state index contributed by atoms with van der Waals surface area (Å²) in [4.78, 5) is 12.6. The maximum atomic E-state index is 12.6. The van der Waals surface area contributed by atoms with E-state index >= 15 is 0 Å². The smallest absolute Gasteiger partial charge is 0.369 e. The highest BCUT2D eigenvalue weighted by atomic mass is 19.4. The molecule has 1 N–H and O–H groups in total. The van der Waals surface area contributed by atoms with Gasteiger partial charge in [-0.1, -0.05) is 0 Å². The van der Waals surface area contributed by atoms with Gasteiger partial charge in [0.05, 0.1) is 17.8 Å². The van der Waals surface area contributed by atoms with E-state index in [2.05, 4.69) is 10.2 Å². The van der Waals surface area contributed by atoms with Crippen molar-refractivity contribution in [1.29, 1.82) is 0 Å². The number of aromatic nitrogens is 2. The van der Waals surface area contributed by atoms with E-state index in [0.717, 1.165) is 0 Å². The number of nitrogens with one attached hydrogen (secondary N) is 1. The topological polar surface area (TPSA) is 49.0 Å². The van der Waals surface area contributed by atoms with Crippen LogP contribution in [-0.2, 0) is 0 Å². The van der Waals surface area contributed by atoms with Gasteiger partial charge in [-0.2, -0.15) is 18.3 Å². The number of hydrogen-bond donors (Lipinski definition) is 1. The van der Waals surface area contributed by atoms with Gasteiger partial charge in [0.2, 0.25) is 0 Å². The highest BCUT2D eigenvalue weighted by Crippen LogP contribution is 2.34. The average Bonchev–Trinajstić information content (AvgIpc) is 2.28. The summed E-state index contributed by atoms with van der Waals surface area (Å²) in [5.41, 5.74) is 0.0410. The van der Waals surface area contributed by atoms with Gasteiger partial charge >= 0.3 is 6.18 Å². The molecule has 0 aliphatic carbocycles. The Hall–Kier alpha value is -1.53. The molecule has 1 aromatic heterocycles. The van der Waals surface area contributed by atoms with Crippen molar-refractivity contribution in [2.24, 2.45) is 5.92 Å². The number of anilines is 1. The van der Waals surface area contributed by atoms with Crippen LogP contribution >= 0.6 is 0 Å². The van der Waals surface area contributed by atoms with Crippen molar-refractivity contribution in [3.05, 3.63) is 22.6 Å². The minimum Gasteiger partial charge on any atom is -0.369 e. The predicted molar refractivity (Wildman–Crippen MR) is 55.8 cm³/mol. The number of halogens is 3. The fraction of sp³-hybridized carbons (Fsp3) is 0.600. The first-order valence-corrected chi connectivity index (χ1v) is 5.33. The molecule has 2 rings (SSSR count). The molecule has 4 nitrogen and oxygen atoms in total. The first kappa shape index (κ1) is 11.9. The lowest BCUT2D eigenvalue weighted by atomic mass is 9.97. The Balaban J connectivity index is 2.15. The van der Waals surface area contributed by atoms with Gasteiger partial charge in [0.15, 0.2) is 0 Å². The van der Waals surface area contributed by atoms with Crippen LogP contribution in [0.4, 0.5) is 18.9 Å². The van der Waals surface area contributed by atoms with Crippen molar-refractivity contribution in [3.8, 4) is 0 Å². The summed E-state index contributed by atoms with van der Waals surface area (Å²) in [6, 6.07) is 1.27. The van der Waals surface area contributed by atoms with Crippen LogP contribution in [0.2, 0.25) is 0 Å². The summed E-state index contributed by atoms with van der Waals surface area (Å²) in [5.74, 6) is -1.32. The zero-order chi connectivity index (χ0) is 12.5. The van der Waals surface area contributed by atoms with Crippen LogP contribution in [-0.4, -0.2) is 29.5 Å². The van der Waals surface area contributed by atoms with E-state index in [1.807, 2.05) is 0 Å². The molecule has 7 heteroatoms. The highest BCUT2D eigenvalue weighted by Gasteiger charge is 2.41. The molecule has 0 radical (unpaired) electrons. The fourth-order valence-corrected chi connectivity index (χ4v) is 2.02. The minimum absolute atomic E-state index is 0.103. The van der Waals surface area contributed by atoms with E-state index in [1.54, 1.807) is 4.90 Å². The van der Waals surface area contributed by atoms with Crippen molar-refractivity contribution >= 4 is 5.69 Å². The third-order valence-corrected chi connectivity index (χ3v) is 2.90. The molecule has 0 spiro atoms. The summed E-state index contributed by atoms with van der Waals surface area (Å²) in [6.07, 6.45) is -2.18. The summed E-state index contributed by atoms with van der Waals surface area (Å²) < 4.78 is 37.8. The fourth-order valence-electron chi connectivity index (χ4n) is 2.02. The second-order valence-corrected chi connectivity index (χ2v) is 4.13. The average molecular weight is 247 g/mol. The molecular formula is C10H12F3N3O. The zero-order valence-corrected chi connectivity index (χ0v) is 9.00. The molecule has 0 bridgehead atoms. The predicted octanol–water partition coefficient (Wildman–Crippen LogP) is 1.55. The van der Waals surface area contributed by atoms with Crippen molar-refractivity contribution in [3.63, 3.8) is 0 Å². The third-order valence-electron chi connectivity index (χ3n) is 2.90. The number of hydrogen-bond acceptors (Lipinski definition) is 3. The first-order valence-electron chi connectivity index (χ1n) is 5.33. The standard InChI is InChI=1S/C10H12F3N3O/c11-10(12,13)7-2-1-3-16(6-7)8-4-9(17)15-14-5-8/h4-5,7H,1-3,6H2,(H,15,17). The lowest BCUT2D eigenvalue weighted by molar-refractivity contribution is -0.175. The maximum Gasteiger partial charge on any atom is 0.393 e. The van der Waals surface area contributed by atoms with Crippen LogP contribution in [0.5, 0.6) is 0 Å². The van der Waals surface area contributed by atoms with Crippen molar-refractivity contribution in [1.82, 2.24) is 10.2 Å². The Morgan fingerprint density at radius 2 is 2.24 bits per heavy atom. The van der Waals surface area contributed by atoms with Crippen LogP contribution in [0.3, 0.4) is 0 Å². The minimum atomic E-state index is -4.17. The lowest BCUT2D eigenvalue weighted by Gasteiger charge is -2.34. The summed E-state index contributed by atoms with van der Waals surface area (Å²) >= 11 is 0. The molecule has 0 aromatic carbocycles. The van der Waals surface area contributed by atoms with Gasteiger partial charge in [-0.3, -0.25) is 4.79 Å². The first-order chi connectivity index (χ1) is 7.97. The van der Waals surface area contributed by atoms with Gasteiger partial charge in [0, 0.05) is 19.2 Å². The number of alkyl halides is 3. The molecule has 1 aliphatic heterocycles. The molecule has 94 valence electrons. The molecule has 2 heterocycles. The Kier molecular flexibility index (Phi) is 3.08. The molecule has 1 fully saturated rings. The van der Waals surface area contributed by atoms with Crippen molar-refractivity contribution < 1.29 is 13.2 Å². The van der Waals surface area contributed by atoms with E-state index < -0.39 is 17.7 Å². The van der Waals surface area contributed by atoms with Gasteiger partial charge in [0.25, 0.3) is 5.56 Å². The normalized spacial score (nSPS) is 21.6. The SMILES string of the molecule is O=c1cc(N2CCCC(C(F)(F)F)C2)cn[nH]1. The summed E-state index contributed by atoms with van der Waals surface area (Å²) in [7, 11) is 0. The number of piperidine rings is 1. The van der Waals surface area contributed by atoms with Gasteiger partial charge in [-0.15, -0.1) is 0 Å². The lowest BCUT2D eigenvalue weighted by Crippen LogP contribution is -2.42. The molecule has 0 saturated carbocycles. The Morgan fingerprint density at radius 1 is 1.47 bits per heavy atom. The van der Waals surface area contributed by atoms with E-state index in [0.29, 0.717) is 18.7 Å². The zero-order valence-electron chi connectivity index (χ0n) is 9.00. The molecule has 1 aliphatic rings. The molecule has 1 atom stereocenters. The van der Waals surface area contributed by atoms with Gasteiger partial charge < -0.3 is 4.90 Å². The molecule has 0 amide bonds. The Morgan fingerprint density at radius 3 is 2.88 bits per heavy atom. The van der Waals surface area contributed by atoms with Crippen LogP contribution in [0, 0.1) is 5.92 Å². The molecule has 17 heavy (non-hydrogen) atoms. The van der Waals surface area contributed by atoms with Crippen LogP contribution in [0.25, 0.3) is 0 Å². The summed E-state index contributed by atoms with van der Waals surface area (Å²) in [5, 5.41) is 5.78. The maximum absolute atomic E-state index is 12.6. The number of H-pyrrole nitrogens is 1. The molecule has 1 aromatic rings. The quantitative estimate of drug-likeness (QED) is 0.819. The number of nitrogens with zero attached hydrogens (tertiary/aromatic N) is 2. The van der Waals surface area contributed by atoms with Gasteiger partial charge in [-0.05, 0) is 12.8 Å². The van der Waals surface area contributed by atoms with Gasteiger partial charge in [-0.25, -0.2) is 5.10 Å².